The fourth-order valence-corrected chi connectivity index (χ4v) is 5.76. The molecule has 0 saturated carbocycles. The molecule has 4 rings (SSSR count). The summed E-state index contributed by atoms with van der Waals surface area (Å²) in [7, 11) is -1.68. The Hall–Kier alpha value is -1.90. The minimum atomic E-state index is -3.34. The lowest BCUT2D eigenvalue weighted by atomic mass is 10.2. The Labute approximate surface area is 172 Å². The predicted molar refractivity (Wildman–Crippen MR) is 112 cm³/mol. The van der Waals surface area contributed by atoms with Crippen LogP contribution in [0.4, 0.5) is 10.1 Å². The number of hydrogen-bond donors (Lipinski definition) is 0. The van der Waals surface area contributed by atoms with Gasteiger partial charge in [0.25, 0.3) is 0 Å². The van der Waals surface area contributed by atoms with Gasteiger partial charge in [-0.25, -0.2) is 17.1 Å². The summed E-state index contributed by atoms with van der Waals surface area (Å²) >= 11 is 0. The van der Waals surface area contributed by atoms with Crippen molar-refractivity contribution in [3.05, 3.63) is 48.0 Å². The molecule has 0 unspecified atom stereocenters. The largest absolute Gasteiger partial charge is 0.369 e. The van der Waals surface area contributed by atoms with Crippen LogP contribution in [0, 0.1) is 5.82 Å². The van der Waals surface area contributed by atoms with Crippen molar-refractivity contribution < 1.29 is 12.8 Å². The molecule has 1 aromatic carbocycles. The van der Waals surface area contributed by atoms with Gasteiger partial charge in [-0.1, -0.05) is 0 Å². The van der Waals surface area contributed by atoms with Crippen LogP contribution in [0.3, 0.4) is 0 Å². The molecule has 158 valence electrons. The van der Waals surface area contributed by atoms with Gasteiger partial charge < -0.3 is 9.47 Å². The van der Waals surface area contributed by atoms with Crippen LogP contribution in [0.2, 0.25) is 0 Å². The molecule has 29 heavy (non-hydrogen) atoms. The van der Waals surface area contributed by atoms with Crippen LogP contribution in [0.15, 0.2) is 41.4 Å². The van der Waals surface area contributed by atoms with E-state index in [1.54, 1.807) is 13.1 Å². The first-order chi connectivity index (χ1) is 13.9. The molecule has 1 aromatic heterocycles. The molecule has 0 aliphatic carbocycles. The van der Waals surface area contributed by atoms with Crippen LogP contribution in [0.5, 0.6) is 0 Å². The zero-order valence-corrected chi connectivity index (χ0v) is 17.7. The number of nitrogens with zero attached hydrogens (tertiary/aromatic N) is 4. The van der Waals surface area contributed by atoms with E-state index in [4.69, 9.17) is 0 Å². The minimum absolute atomic E-state index is 0.199. The molecule has 0 atom stereocenters. The molecule has 8 heteroatoms. The van der Waals surface area contributed by atoms with Crippen LogP contribution < -0.4 is 4.90 Å². The van der Waals surface area contributed by atoms with Gasteiger partial charge in [0, 0.05) is 63.9 Å². The fraction of sp³-hybridized carbons (Fsp3) is 0.524. The lowest BCUT2D eigenvalue weighted by molar-refractivity contribution is 0.250. The summed E-state index contributed by atoms with van der Waals surface area (Å²) < 4.78 is 41.9. The number of benzene rings is 1. The zero-order chi connectivity index (χ0) is 20.4. The second-order valence-corrected chi connectivity index (χ2v) is 9.92. The van der Waals surface area contributed by atoms with Crippen LogP contribution in [-0.2, 0) is 23.0 Å². The molecular weight excluding hydrogens is 391 g/mol. The second-order valence-electron chi connectivity index (χ2n) is 7.91. The Balaban J connectivity index is 1.29. The molecule has 2 aliphatic rings. The SMILES string of the molecule is CN1CCCc2c(ccn2CCCN2CCN(c3ccc(F)cc3)CC2)S1(=O)=O. The van der Waals surface area contributed by atoms with Gasteiger partial charge >= 0.3 is 0 Å². The number of hydrogen-bond acceptors (Lipinski definition) is 4. The van der Waals surface area contributed by atoms with E-state index in [0.29, 0.717) is 11.4 Å². The normalized spacial score (nSPS) is 20.4. The highest BCUT2D eigenvalue weighted by Crippen LogP contribution is 2.26. The molecule has 0 radical (unpaired) electrons. The van der Waals surface area contributed by atoms with Gasteiger partial charge in [-0.3, -0.25) is 4.90 Å². The Morgan fingerprint density at radius 1 is 0.966 bits per heavy atom. The van der Waals surface area contributed by atoms with E-state index >= 15 is 0 Å². The van der Waals surface area contributed by atoms with Crippen molar-refractivity contribution in [1.82, 2.24) is 13.8 Å². The first kappa shape index (κ1) is 20.4. The summed E-state index contributed by atoms with van der Waals surface area (Å²) in [5, 5.41) is 0. The zero-order valence-electron chi connectivity index (χ0n) is 16.9. The van der Waals surface area contributed by atoms with E-state index in [1.807, 2.05) is 18.3 Å². The molecule has 0 N–H and O–H groups in total. The van der Waals surface area contributed by atoms with Crippen LogP contribution in [-0.4, -0.2) is 68.5 Å². The van der Waals surface area contributed by atoms with Gasteiger partial charge in [0.05, 0.1) is 0 Å². The first-order valence-electron chi connectivity index (χ1n) is 10.3. The first-order valence-corrected chi connectivity index (χ1v) is 11.8. The topological polar surface area (TPSA) is 48.8 Å². The van der Waals surface area contributed by atoms with Crippen molar-refractivity contribution >= 4 is 15.7 Å². The highest BCUT2D eigenvalue weighted by Gasteiger charge is 2.29. The van der Waals surface area contributed by atoms with Crippen LogP contribution in [0.1, 0.15) is 18.5 Å². The van der Waals surface area contributed by atoms with E-state index in [1.165, 1.54) is 16.4 Å². The molecule has 0 amide bonds. The molecule has 3 heterocycles. The molecule has 6 nitrogen and oxygen atoms in total. The van der Waals surface area contributed by atoms with E-state index < -0.39 is 10.0 Å². The number of halogens is 1. The lowest BCUT2D eigenvalue weighted by Crippen LogP contribution is -2.46. The maximum absolute atomic E-state index is 13.1. The quantitative estimate of drug-likeness (QED) is 0.745. The van der Waals surface area contributed by atoms with Gasteiger partial charge in [0.2, 0.25) is 10.0 Å². The van der Waals surface area contributed by atoms with Crippen molar-refractivity contribution in [3.63, 3.8) is 0 Å². The smallest absolute Gasteiger partial charge is 0.244 e. The summed E-state index contributed by atoms with van der Waals surface area (Å²) in [5.41, 5.74) is 2.03. The van der Waals surface area contributed by atoms with Gasteiger partial charge in [0.15, 0.2) is 0 Å². The van der Waals surface area contributed by atoms with Crippen molar-refractivity contribution in [3.8, 4) is 0 Å². The van der Waals surface area contributed by atoms with E-state index in [9.17, 15) is 12.8 Å². The summed E-state index contributed by atoms with van der Waals surface area (Å²) in [5.74, 6) is -0.199. The van der Waals surface area contributed by atoms with E-state index in [0.717, 1.165) is 69.9 Å². The van der Waals surface area contributed by atoms with Crippen molar-refractivity contribution in [1.29, 1.82) is 0 Å². The maximum atomic E-state index is 13.1. The predicted octanol–water partition coefficient (Wildman–Crippen LogP) is 2.41. The monoisotopic (exact) mass is 420 g/mol. The highest BCUT2D eigenvalue weighted by molar-refractivity contribution is 7.89. The highest BCUT2D eigenvalue weighted by atomic mass is 32.2. The van der Waals surface area contributed by atoms with Gasteiger partial charge in [-0.05, 0) is 56.1 Å². The summed E-state index contributed by atoms with van der Waals surface area (Å²) in [6, 6.07) is 8.47. The number of piperazine rings is 1. The average molecular weight is 421 g/mol. The Kier molecular flexibility index (Phi) is 5.94. The molecule has 1 fully saturated rings. The summed E-state index contributed by atoms with van der Waals surface area (Å²) in [4.78, 5) is 5.22. The number of aromatic nitrogens is 1. The van der Waals surface area contributed by atoms with Crippen LogP contribution >= 0.6 is 0 Å². The van der Waals surface area contributed by atoms with Gasteiger partial charge in [-0.2, -0.15) is 0 Å². The Morgan fingerprint density at radius 3 is 2.41 bits per heavy atom. The van der Waals surface area contributed by atoms with Crippen LogP contribution in [0.25, 0.3) is 0 Å². The molecule has 1 saturated heterocycles. The third kappa shape index (κ3) is 4.34. The number of anilines is 1. The van der Waals surface area contributed by atoms with Gasteiger partial charge in [0.1, 0.15) is 10.7 Å². The molecule has 0 spiro atoms. The Morgan fingerprint density at radius 2 is 1.69 bits per heavy atom. The standard InChI is InChI=1S/C21H29FN4O2S/c1-23-10-2-4-20-21(29(23,27)28)9-13-26(20)12-3-11-24-14-16-25(17-15-24)19-7-5-18(22)6-8-19/h5-9,13H,2-4,10-12,14-17H2,1H3. The minimum Gasteiger partial charge on any atom is -0.369 e. The molecule has 0 bridgehead atoms. The van der Waals surface area contributed by atoms with E-state index in [2.05, 4.69) is 14.4 Å². The number of aryl methyl sites for hydroxylation is 1. The van der Waals surface area contributed by atoms with E-state index in [-0.39, 0.29) is 5.82 Å². The van der Waals surface area contributed by atoms with Crippen molar-refractivity contribution in [2.24, 2.45) is 0 Å². The summed E-state index contributed by atoms with van der Waals surface area (Å²) in [6.07, 6.45) is 4.59. The molecular formula is C21H29FN4O2S. The third-order valence-corrected chi connectivity index (χ3v) is 7.98. The second kappa shape index (κ2) is 8.45. The summed E-state index contributed by atoms with van der Waals surface area (Å²) in [6.45, 7) is 6.27. The lowest BCUT2D eigenvalue weighted by Gasteiger charge is -2.36. The van der Waals surface area contributed by atoms with Crippen molar-refractivity contribution in [2.75, 3.05) is 51.2 Å². The number of fused-ring (bicyclic) bond motifs is 1. The third-order valence-electron chi connectivity index (χ3n) is 6.05. The fourth-order valence-electron chi connectivity index (χ4n) is 4.30. The number of sulfonamides is 1. The van der Waals surface area contributed by atoms with Gasteiger partial charge in [-0.15, -0.1) is 0 Å². The van der Waals surface area contributed by atoms with Crippen molar-refractivity contribution in [2.45, 2.75) is 30.7 Å². The molecule has 2 aromatic rings. The Bertz CT molecular complexity index is 934. The molecule has 2 aliphatic heterocycles. The maximum Gasteiger partial charge on any atom is 0.244 e. The number of rotatable bonds is 5. The average Bonchev–Trinajstić information content (AvgIpc) is 3.08.